The molecular formula is C37H35N5O8. The average Bonchev–Trinajstić information content (AvgIpc) is 3.54. The molecule has 4 N–H and O–H groups in total. The van der Waals surface area contributed by atoms with E-state index in [1.54, 1.807) is 66.7 Å². The second-order valence-electron chi connectivity index (χ2n) is 11.3. The first-order valence-corrected chi connectivity index (χ1v) is 15.7. The number of hydrogen-bond acceptors (Lipinski definition) is 8. The van der Waals surface area contributed by atoms with Crippen molar-refractivity contribution in [3.8, 4) is 0 Å². The first-order valence-electron chi connectivity index (χ1n) is 15.7. The molecule has 2 atom stereocenters. The highest BCUT2D eigenvalue weighted by molar-refractivity contribution is 5.94. The molecule has 1 aromatic heterocycles. The van der Waals surface area contributed by atoms with Crippen LogP contribution >= 0.6 is 0 Å². The van der Waals surface area contributed by atoms with E-state index in [1.807, 2.05) is 30.3 Å². The van der Waals surface area contributed by atoms with Gasteiger partial charge in [0.1, 0.15) is 18.5 Å². The fourth-order valence-electron chi connectivity index (χ4n) is 5.08. The average molecular weight is 678 g/mol. The largest absolute Gasteiger partial charge is 0.480 e. The van der Waals surface area contributed by atoms with E-state index in [0.29, 0.717) is 17.0 Å². The van der Waals surface area contributed by atoms with Crippen molar-refractivity contribution in [3.63, 3.8) is 0 Å². The van der Waals surface area contributed by atoms with Gasteiger partial charge in [-0.15, -0.1) is 0 Å². The number of carbonyl (C=O) groups excluding carboxylic acids is 4. The lowest BCUT2D eigenvalue weighted by atomic mass is 10.1. The molecule has 13 heteroatoms. The minimum Gasteiger partial charge on any atom is -0.480 e. The molecule has 0 radical (unpaired) electrons. The van der Waals surface area contributed by atoms with Crippen molar-refractivity contribution in [2.45, 2.75) is 38.8 Å². The first kappa shape index (κ1) is 34.8. The van der Waals surface area contributed by atoms with Gasteiger partial charge in [0.05, 0.1) is 17.6 Å². The second kappa shape index (κ2) is 16.6. The third-order valence-corrected chi connectivity index (χ3v) is 7.56. The fraction of sp³-hybridized carbons (Fsp3) is 0.189. The van der Waals surface area contributed by atoms with Crippen LogP contribution in [0.25, 0.3) is 11.0 Å². The van der Waals surface area contributed by atoms with Crippen molar-refractivity contribution in [3.05, 3.63) is 137 Å². The summed E-state index contributed by atoms with van der Waals surface area (Å²) in [4.78, 5) is 72.3. The number of nitrogens with one attached hydrogen (secondary N) is 3. The van der Waals surface area contributed by atoms with Crippen molar-refractivity contribution in [2.24, 2.45) is 0 Å². The van der Waals surface area contributed by atoms with Gasteiger partial charge < -0.3 is 35.1 Å². The van der Waals surface area contributed by atoms with Gasteiger partial charge in [0.15, 0.2) is 0 Å². The van der Waals surface area contributed by atoms with Crippen LogP contribution in [0.3, 0.4) is 0 Å². The van der Waals surface area contributed by atoms with Crippen LogP contribution in [0.15, 0.2) is 109 Å². The molecule has 4 aromatic carbocycles. The lowest BCUT2D eigenvalue weighted by molar-refractivity contribution is -0.160. The number of rotatable bonds is 14. The Bertz CT molecular complexity index is 1910. The van der Waals surface area contributed by atoms with Crippen molar-refractivity contribution in [1.82, 2.24) is 25.5 Å². The molecule has 0 spiro atoms. The Morgan fingerprint density at radius 3 is 2.14 bits per heavy atom. The van der Waals surface area contributed by atoms with E-state index in [9.17, 15) is 29.1 Å². The van der Waals surface area contributed by atoms with Crippen LogP contribution in [0.1, 0.15) is 45.9 Å². The van der Waals surface area contributed by atoms with Gasteiger partial charge in [-0.1, -0.05) is 84.9 Å². The van der Waals surface area contributed by atoms with Crippen LogP contribution in [0.4, 0.5) is 4.79 Å². The Morgan fingerprint density at radius 1 is 0.820 bits per heavy atom. The molecule has 3 amide bonds. The van der Waals surface area contributed by atoms with Gasteiger partial charge in [-0.05, 0) is 35.4 Å². The van der Waals surface area contributed by atoms with Crippen molar-refractivity contribution in [1.29, 1.82) is 0 Å². The number of aliphatic carboxylic acids is 1. The topological polar surface area (TPSA) is 180 Å². The summed E-state index contributed by atoms with van der Waals surface area (Å²) in [5.74, 6) is -2.49. The summed E-state index contributed by atoms with van der Waals surface area (Å²) >= 11 is 0. The smallest absolute Gasteiger partial charge is 0.408 e. The van der Waals surface area contributed by atoms with Crippen molar-refractivity contribution in [2.75, 3.05) is 6.54 Å². The van der Waals surface area contributed by atoms with Crippen LogP contribution in [-0.2, 0) is 43.6 Å². The molecule has 1 heterocycles. The standard InChI is InChI=1S/C37H35N5O8/c1-24(43)50-33(27-12-6-3-7-13-27)35(45)42(22-32-39-29-14-8-9-15-30(29)40-32)21-25-16-18-28(19-17-25)34(44)38-20-31(36(46)47)41-37(48)49-23-26-10-4-2-5-11-26/h2-19,31,33H,20-23H2,1H3,(H,38,44)(H,39,40)(H,41,48)(H,46,47)/t31-,33?/m0/s1. The van der Waals surface area contributed by atoms with E-state index < -0.39 is 48.5 Å². The quantitative estimate of drug-likeness (QED) is 0.123. The monoisotopic (exact) mass is 677 g/mol. The highest BCUT2D eigenvalue weighted by atomic mass is 16.6. The third-order valence-electron chi connectivity index (χ3n) is 7.56. The molecule has 13 nitrogen and oxygen atoms in total. The number of H-pyrrole nitrogens is 1. The predicted octanol–water partition coefficient (Wildman–Crippen LogP) is 4.51. The Kier molecular flexibility index (Phi) is 11.5. The summed E-state index contributed by atoms with van der Waals surface area (Å²) in [5.41, 5.74) is 3.65. The van der Waals surface area contributed by atoms with Gasteiger partial charge in [-0.3, -0.25) is 14.4 Å². The zero-order chi connectivity index (χ0) is 35.5. The number of amides is 3. The number of carboxylic acids is 1. The predicted molar refractivity (Wildman–Crippen MR) is 181 cm³/mol. The summed E-state index contributed by atoms with van der Waals surface area (Å²) in [7, 11) is 0. The number of nitrogens with zero attached hydrogens (tertiary/aromatic N) is 2. The number of esters is 1. The van der Waals surface area contributed by atoms with E-state index in [-0.39, 0.29) is 25.3 Å². The van der Waals surface area contributed by atoms with E-state index in [0.717, 1.165) is 16.6 Å². The number of carboxylic acid groups (broad SMARTS) is 1. The maximum absolute atomic E-state index is 14.0. The maximum Gasteiger partial charge on any atom is 0.408 e. The molecule has 0 aliphatic heterocycles. The molecule has 5 rings (SSSR count). The summed E-state index contributed by atoms with van der Waals surface area (Å²) in [5, 5.41) is 14.3. The van der Waals surface area contributed by atoms with Gasteiger partial charge in [-0.25, -0.2) is 14.6 Å². The van der Waals surface area contributed by atoms with Crippen molar-refractivity contribution >= 4 is 40.9 Å². The molecule has 1 unspecified atom stereocenters. The van der Waals surface area contributed by atoms with Crippen LogP contribution < -0.4 is 10.6 Å². The molecule has 50 heavy (non-hydrogen) atoms. The molecule has 0 fully saturated rings. The molecule has 0 aliphatic rings. The third kappa shape index (κ3) is 9.53. The number of hydrogen-bond donors (Lipinski definition) is 4. The number of aromatic nitrogens is 2. The normalized spacial score (nSPS) is 11.9. The minimum absolute atomic E-state index is 0.0459. The molecule has 256 valence electrons. The van der Waals surface area contributed by atoms with E-state index in [2.05, 4.69) is 20.6 Å². The first-order chi connectivity index (χ1) is 24.2. The van der Waals surface area contributed by atoms with E-state index in [4.69, 9.17) is 9.47 Å². The van der Waals surface area contributed by atoms with Gasteiger partial charge in [0, 0.05) is 31.1 Å². The molecule has 0 aliphatic carbocycles. The number of imidazole rings is 1. The molecule has 0 bridgehead atoms. The lowest BCUT2D eigenvalue weighted by Gasteiger charge is -2.27. The summed E-state index contributed by atoms with van der Waals surface area (Å²) in [6, 6.07) is 30.0. The number of benzene rings is 4. The summed E-state index contributed by atoms with van der Waals surface area (Å²) in [6.07, 6.45) is -2.14. The Balaban J connectivity index is 1.26. The fourth-order valence-corrected chi connectivity index (χ4v) is 5.08. The molecule has 5 aromatic rings. The zero-order valence-electron chi connectivity index (χ0n) is 27.1. The van der Waals surface area contributed by atoms with Gasteiger partial charge in [-0.2, -0.15) is 0 Å². The summed E-state index contributed by atoms with van der Waals surface area (Å²) in [6.45, 7) is 0.946. The lowest BCUT2D eigenvalue weighted by Crippen LogP contribution is -2.48. The number of alkyl carbamates (subject to hydrolysis) is 1. The Labute approximate surface area is 287 Å². The van der Waals surface area contributed by atoms with Crippen LogP contribution in [0, 0.1) is 0 Å². The van der Waals surface area contributed by atoms with E-state index >= 15 is 0 Å². The molecule has 0 saturated heterocycles. The highest BCUT2D eigenvalue weighted by Crippen LogP contribution is 2.24. The molecular weight excluding hydrogens is 642 g/mol. The maximum atomic E-state index is 14.0. The summed E-state index contributed by atoms with van der Waals surface area (Å²) < 4.78 is 10.6. The highest BCUT2D eigenvalue weighted by Gasteiger charge is 2.30. The number of ether oxygens (including phenoxy) is 2. The van der Waals surface area contributed by atoms with Gasteiger partial charge in [0.2, 0.25) is 6.10 Å². The number of para-hydroxylation sites is 2. The second-order valence-corrected chi connectivity index (χ2v) is 11.3. The number of fused-ring (bicyclic) bond motifs is 1. The van der Waals surface area contributed by atoms with E-state index in [1.165, 1.54) is 24.0 Å². The zero-order valence-corrected chi connectivity index (χ0v) is 27.1. The van der Waals surface area contributed by atoms with Gasteiger partial charge in [0.25, 0.3) is 11.8 Å². The van der Waals surface area contributed by atoms with Crippen LogP contribution in [-0.4, -0.2) is 62.4 Å². The minimum atomic E-state index is -1.44. The van der Waals surface area contributed by atoms with Gasteiger partial charge >= 0.3 is 18.0 Å². The van der Waals surface area contributed by atoms with Crippen LogP contribution in [0.2, 0.25) is 0 Å². The SMILES string of the molecule is CC(=O)OC(C(=O)N(Cc1ccc(C(=O)NC[C@H](NC(=O)OCc2ccccc2)C(=O)O)cc1)Cc1nc2ccccc2[nH]1)c1ccccc1. The van der Waals surface area contributed by atoms with Crippen molar-refractivity contribution < 1.29 is 38.6 Å². The number of carbonyl (C=O) groups is 5. The number of aromatic amines is 1. The molecule has 0 saturated carbocycles. The Hall–Kier alpha value is -6.50. The Morgan fingerprint density at radius 2 is 1.48 bits per heavy atom. The van der Waals surface area contributed by atoms with Crippen LogP contribution in [0.5, 0.6) is 0 Å².